The molecule has 0 aliphatic heterocycles. The predicted octanol–water partition coefficient (Wildman–Crippen LogP) is 0.587. The summed E-state index contributed by atoms with van der Waals surface area (Å²) in [5.41, 5.74) is 0. The average Bonchev–Trinajstić information content (AvgIpc) is 1.88. The minimum absolute atomic E-state index is 0.347. The first-order chi connectivity index (χ1) is 4.72. The summed E-state index contributed by atoms with van der Waals surface area (Å²) in [4.78, 5) is 13.0. The van der Waals surface area contributed by atoms with Gasteiger partial charge in [0, 0.05) is 0 Å². The van der Waals surface area contributed by atoms with Gasteiger partial charge >= 0.3 is 5.82 Å². The third-order valence-electron chi connectivity index (χ3n) is 0.947. The number of aromatic nitrogens is 1. The highest BCUT2D eigenvalue weighted by molar-refractivity contribution is 5.35. The van der Waals surface area contributed by atoms with E-state index in [0.29, 0.717) is 0 Å². The first-order valence-corrected chi connectivity index (χ1v) is 2.52. The van der Waals surface area contributed by atoms with Crippen molar-refractivity contribution in [1.29, 1.82) is 0 Å². The molecule has 10 heavy (non-hydrogen) atoms. The molecule has 0 aliphatic carbocycles. The molecule has 1 heterocycles. The SMILES string of the molecule is O=[N+](O)c1ncccc1O. The molecule has 5 nitrogen and oxygen atoms in total. The molecule has 0 aliphatic rings. The van der Waals surface area contributed by atoms with Crippen LogP contribution in [0, 0.1) is 4.91 Å². The summed E-state index contributed by atoms with van der Waals surface area (Å²) in [6, 6.07) is 2.70. The van der Waals surface area contributed by atoms with Crippen LogP contribution in [0.2, 0.25) is 0 Å². The highest BCUT2D eigenvalue weighted by Crippen LogP contribution is 2.19. The molecule has 2 N–H and O–H groups in total. The Kier molecular flexibility index (Phi) is 1.49. The molecule has 0 unspecified atom stereocenters. The van der Waals surface area contributed by atoms with E-state index >= 15 is 0 Å². The maximum Gasteiger partial charge on any atom is 0.450 e. The Morgan fingerprint density at radius 3 is 2.70 bits per heavy atom. The second kappa shape index (κ2) is 2.30. The van der Waals surface area contributed by atoms with Crippen LogP contribution in [-0.2, 0) is 0 Å². The van der Waals surface area contributed by atoms with E-state index in [2.05, 4.69) is 4.98 Å². The monoisotopic (exact) mass is 141 g/mol. The van der Waals surface area contributed by atoms with Gasteiger partial charge in [0.15, 0.2) is 4.92 Å². The van der Waals surface area contributed by atoms with Gasteiger partial charge in [-0.2, -0.15) is 0 Å². The van der Waals surface area contributed by atoms with Gasteiger partial charge in [0.25, 0.3) is 0 Å². The molecule has 5 heteroatoms. The van der Waals surface area contributed by atoms with Crippen molar-refractivity contribution in [3.8, 4) is 5.75 Å². The van der Waals surface area contributed by atoms with Gasteiger partial charge in [-0.15, -0.1) is 0 Å². The molecule has 0 saturated heterocycles. The molecule has 0 spiro atoms. The van der Waals surface area contributed by atoms with E-state index in [1.807, 2.05) is 0 Å². The summed E-state index contributed by atoms with van der Waals surface area (Å²) in [6.45, 7) is 0. The number of hydrogen-bond acceptors (Lipinski definition) is 3. The van der Waals surface area contributed by atoms with Crippen molar-refractivity contribution in [1.82, 2.24) is 4.98 Å². The summed E-state index contributed by atoms with van der Waals surface area (Å²) >= 11 is 0. The molecule has 1 aromatic heterocycles. The van der Waals surface area contributed by atoms with Gasteiger partial charge in [0.2, 0.25) is 5.75 Å². The Balaban J connectivity index is 3.15. The van der Waals surface area contributed by atoms with Crippen LogP contribution in [0.15, 0.2) is 18.3 Å². The molecule has 0 saturated carbocycles. The molecule has 0 radical (unpaired) electrons. The van der Waals surface area contributed by atoms with E-state index in [1.54, 1.807) is 0 Å². The van der Waals surface area contributed by atoms with Crippen LogP contribution in [0.3, 0.4) is 0 Å². The molecule has 0 atom stereocenters. The Morgan fingerprint density at radius 1 is 1.60 bits per heavy atom. The maximum absolute atomic E-state index is 10.1. The summed E-state index contributed by atoms with van der Waals surface area (Å²) in [5, 5.41) is 17.1. The predicted molar refractivity (Wildman–Crippen MR) is 31.0 cm³/mol. The van der Waals surface area contributed by atoms with Gasteiger partial charge in [-0.05, 0) is 22.0 Å². The normalized spacial score (nSPS) is 9.20. The van der Waals surface area contributed by atoms with Crippen molar-refractivity contribution in [3.05, 3.63) is 23.2 Å². The van der Waals surface area contributed by atoms with Crippen LogP contribution in [0.1, 0.15) is 0 Å². The second-order valence-corrected chi connectivity index (χ2v) is 1.62. The fourth-order valence-corrected chi connectivity index (χ4v) is 0.536. The van der Waals surface area contributed by atoms with E-state index in [0.717, 1.165) is 0 Å². The van der Waals surface area contributed by atoms with Gasteiger partial charge in [-0.25, -0.2) is 0 Å². The largest absolute Gasteiger partial charge is 0.501 e. The zero-order valence-electron chi connectivity index (χ0n) is 4.93. The lowest BCUT2D eigenvalue weighted by Gasteiger charge is -1.85. The topological polar surface area (TPSA) is 73.4 Å². The van der Waals surface area contributed by atoms with Gasteiger partial charge in [0.1, 0.15) is 6.20 Å². The Hall–Kier alpha value is -1.65. The van der Waals surface area contributed by atoms with E-state index in [1.165, 1.54) is 18.3 Å². The van der Waals surface area contributed by atoms with Crippen molar-refractivity contribution in [3.63, 3.8) is 0 Å². The van der Waals surface area contributed by atoms with Crippen molar-refractivity contribution in [2.24, 2.45) is 0 Å². The van der Waals surface area contributed by atoms with Gasteiger partial charge < -0.3 is 10.3 Å². The quantitative estimate of drug-likeness (QED) is 0.561. The van der Waals surface area contributed by atoms with Gasteiger partial charge in [-0.1, -0.05) is 0 Å². The van der Waals surface area contributed by atoms with Crippen LogP contribution in [0.5, 0.6) is 5.75 Å². The zero-order chi connectivity index (χ0) is 7.56. The standard InChI is InChI=1S/C5H4N2O3/c8-4-2-1-3-6-5(4)7(9)10/h1-3H,(H-,8,9,10)/p+1. The Morgan fingerprint density at radius 2 is 2.30 bits per heavy atom. The summed E-state index contributed by atoms with van der Waals surface area (Å²) in [5.74, 6) is -0.748. The Labute approximate surface area is 56.1 Å². The van der Waals surface area contributed by atoms with Crippen molar-refractivity contribution < 1.29 is 15.2 Å². The summed E-state index contributed by atoms with van der Waals surface area (Å²) in [7, 11) is 0. The summed E-state index contributed by atoms with van der Waals surface area (Å²) < 4.78 is 0. The third kappa shape index (κ3) is 1.02. The lowest BCUT2D eigenvalue weighted by atomic mass is 10.4. The molecule has 0 fully saturated rings. The number of rotatable bonds is 1. The summed E-state index contributed by atoms with van der Waals surface area (Å²) in [6.07, 6.45) is 1.29. The minimum atomic E-state index is -0.491. The first kappa shape index (κ1) is 6.47. The van der Waals surface area contributed by atoms with E-state index in [9.17, 15) is 4.91 Å². The number of hydrogen-bond donors (Lipinski definition) is 2. The zero-order valence-corrected chi connectivity index (χ0v) is 4.93. The van der Waals surface area contributed by atoms with Crippen LogP contribution in [-0.4, -0.2) is 20.2 Å². The minimum Gasteiger partial charge on any atom is -0.501 e. The van der Waals surface area contributed by atoms with Crippen LogP contribution in [0.4, 0.5) is 5.82 Å². The van der Waals surface area contributed by atoms with Crippen molar-refractivity contribution >= 4 is 5.82 Å². The van der Waals surface area contributed by atoms with Crippen LogP contribution >= 0.6 is 0 Å². The molecule has 0 aromatic carbocycles. The molecule has 1 rings (SSSR count). The molecule has 1 aromatic rings. The fraction of sp³-hybridized carbons (Fsp3) is 0. The van der Waals surface area contributed by atoms with E-state index in [4.69, 9.17) is 10.3 Å². The molecule has 0 amide bonds. The second-order valence-electron chi connectivity index (χ2n) is 1.62. The van der Waals surface area contributed by atoms with Crippen molar-refractivity contribution in [2.45, 2.75) is 0 Å². The third-order valence-corrected chi connectivity index (χ3v) is 0.947. The molecular weight excluding hydrogens is 136 g/mol. The number of nitrogens with zero attached hydrogens (tertiary/aromatic N) is 2. The van der Waals surface area contributed by atoms with Crippen LogP contribution < -0.4 is 0 Å². The number of pyridine rings is 1. The van der Waals surface area contributed by atoms with Gasteiger partial charge in [0.05, 0.1) is 0 Å². The fourth-order valence-electron chi connectivity index (χ4n) is 0.536. The average molecular weight is 141 g/mol. The lowest BCUT2D eigenvalue weighted by molar-refractivity contribution is -0.732. The van der Waals surface area contributed by atoms with E-state index in [-0.39, 0.29) is 5.75 Å². The van der Waals surface area contributed by atoms with Crippen molar-refractivity contribution in [2.75, 3.05) is 0 Å². The van der Waals surface area contributed by atoms with Gasteiger partial charge in [-0.3, -0.25) is 0 Å². The molecule has 0 bridgehead atoms. The lowest BCUT2D eigenvalue weighted by Crippen LogP contribution is -1.94. The highest BCUT2D eigenvalue weighted by atomic mass is 16.6. The maximum atomic E-state index is 10.1. The molecule has 52 valence electrons. The van der Waals surface area contributed by atoms with Crippen LogP contribution in [0.25, 0.3) is 0 Å². The smallest absolute Gasteiger partial charge is 0.450 e. The molecular formula is C5H5N2O3+. The first-order valence-electron chi connectivity index (χ1n) is 2.52. The Bertz CT molecular complexity index is 261. The number of aromatic hydroxyl groups is 1. The van der Waals surface area contributed by atoms with E-state index < -0.39 is 10.7 Å². The highest BCUT2D eigenvalue weighted by Gasteiger charge is 2.17.